The van der Waals surface area contributed by atoms with E-state index >= 15 is 0 Å². The van der Waals surface area contributed by atoms with Gasteiger partial charge < -0.3 is 10.5 Å². The average Bonchev–Trinajstić information content (AvgIpc) is 3.31. The molecule has 1 aromatic rings. The number of rotatable bonds is 6. The highest BCUT2D eigenvalue weighted by molar-refractivity contribution is 6.30. The maximum absolute atomic E-state index is 6.16. The van der Waals surface area contributed by atoms with Gasteiger partial charge in [0.1, 0.15) is 5.75 Å². The van der Waals surface area contributed by atoms with Gasteiger partial charge in [0.25, 0.3) is 0 Å². The van der Waals surface area contributed by atoms with Crippen LogP contribution in [0.3, 0.4) is 0 Å². The van der Waals surface area contributed by atoms with Crippen molar-refractivity contribution < 1.29 is 4.74 Å². The molecule has 0 radical (unpaired) electrons. The van der Waals surface area contributed by atoms with E-state index < -0.39 is 0 Å². The van der Waals surface area contributed by atoms with Crippen LogP contribution < -0.4 is 10.5 Å². The molecule has 0 atom stereocenters. The summed E-state index contributed by atoms with van der Waals surface area (Å²) in [6.45, 7) is 4.84. The highest BCUT2D eigenvalue weighted by Gasteiger charge is 2.23. The molecule has 3 rings (SSSR count). The van der Waals surface area contributed by atoms with E-state index in [1.54, 1.807) is 0 Å². The number of hydrogen-bond acceptors (Lipinski definition) is 3. The standard InChI is InChI=1S/C17H25ClN2O/c18-16-3-4-17(21-12-14-1-2-14)15(9-16)11-20-7-5-13(10-19)6-8-20/h3-4,9,13-14H,1-2,5-8,10-12,19H2. The van der Waals surface area contributed by atoms with E-state index in [0.717, 1.165) is 49.5 Å². The average molecular weight is 309 g/mol. The molecule has 1 heterocycles. The first kappa shape index (κ1) is 15.1. The van der Waals surface area contributed by atoms with E-state index in [4.69, 9.17) is 22.1 Å². The molecule has 0 unspecified atom stereocenters. The summed E-state index contributed by atoms with van der Waals surface area (Å²) in [5, 5.41) is 0.792. The number of hydrogen-bond donors (Lipinski definition) is 1. The predicted molar refractivity (Wildman–Crippen MR) is 86.7 cm³/mol. The zero-order chi connectivity index (χ0) is 14.7. The first-order valence-electron chi connectivity index (χ1n) is 8.08. The fraction of sp³-hybridized carbons (Fsp3) is 0.647. The number of piperidine rings is 1. The molecule has 2 aliphatic rings. The molecule has 0 aromatic heterocycles. The molecule has 4 heteroatoms. The summed E-state index contributed by atoms with van der Waals surface area (Å²) >= 11 is 6.16. The Kier molecular flexibility index (Phi) is 5.04. The van der Waals surface area contributed by atoms with Gasteiger partial charge in [-0.05, 0) is 75.4 Å². The second-order valence-electron chi connectivity index (χ2n) is 6.46. The van der Waals surface area contributed by atoms with E-state index in [9.17, 15) is 0 Å². The molecule has 0 spiro atoms. The molecule has 1 saturated heterocycles. The lowest BCUT2D eigenvalue weighted by Gasteiger charge is -2.31. The zero-order valence-electron chi connectivity index (χ0n) is 12.6. The number of benzene rings is 1. The quantitative estimate of drug-likeness (QED) is 0.876. The number of nitrogens with two attached hydrogens (primary N) is 1. The molecule has 0 bridgehead atoms. The first-order chi connectivity index (χ1) is 10.2. The van der Waals surface area contributed by atoms with Crippen molar-refractivity contribution in [3.05, 3.63) is 28.8 Å². The maximum Gasteiger partial charge on any atom is 0.123 e. The maximum atomic E-state index is 6.16. The lowest BCUT2D eigenvalue weighted by Crippen LogP contribution is -2.35. The molecule has 116 valence electrons. The third kappa shape index (κ3) is 4.35. The van der Waals surface area contributed by atoms with Crippen LogP contribution in [0.1, 0.15) is 31.2 Å². The van der Waals surface area contributed by atoms with Crippen molar-refractivity contribution in [2.75, 3.05) is 26.2 Å². The Balaban J connectivity index is 1.61. The van der Waals surface area contributed by atoms with Gasteiger partial charge in [-0.1, -0.05) is 11.6 Å². The van der Waals surface area contributed by atoms with Gasteiger partial charge in [-0.2, -0.15) is 0 Å². The lowest BCUT2D eigenvalue weighted by molar-refractivity contribution is 0.177. The van der Waals surface area contributed by atoms with Crippen molar-refractivity contribution >= 4 is 11.6 Å². The summed E-state index contributed by atoms with van der Waals surface area (Å²) in [4.78, 5) is 2.49. The fourth-order valence-corrected chi connectivity index (χ4v) is 3.12. The van der Waals surface area contributed by atoms with Crippen molar-refractivity contribution in [2.24, 2.45) is 17.6 Å². The Morgan fingerprint density at radius 2 is 1.90 bits per heavy atom. The summed E-state index contributed by atoms with van der Waals surface area (Å²) in [6.07, 6.45) is 5.04. The van der Waals surface area contributed by atoms with Crippen molar-refractivity contribution in [3.8, 4) is 5.75 Å². The SMILES string of the molecule is NCC1CCN(Cc2cc(Cl)ccc2OCC2CC2)CC1. The van der Waals surface area contributed by atoms with Gasteiger partial charge in [-0.25, -0.2) is 0 Å². The minimum atomic E-state index is 0.700. The van der Waals surface area contributed by atoms with Gasteiger partial charge >= 0.3 is 0 Å². The normalized spacial score (nSPS) is 20.7. The third-order valence-corrected chi connectivity index (χ3v) is 4.86. The van der Waals surface area contributed by atoms with Gasteiger partial charge in [0, 0.05) is 17.1 Å². The van der Waals surface area contributed by atoms with Crippen LogP contribution in [0.4, 0.5) is 0 Å². The monoisotopic (exact) mass is 308 g/mol. The fourth-order valence-electron chi connectivity index (χ4n) is 2.93. The van der Waals surface area contributed by atoms with Crippen LogP contribution in [0.2, 0.25) is 5.02 Å². The Labute approximate surface area is 132 Å². The first-order valence-corrected chi connectivity index (χ1v) is 8.46. The predicted octanol–water partition coefficient (Wildman–Crippen LogP) is 3.30. The molecule has 2 N–H and O–H groups in total. The van der Waals surface area contributed by atoms with E-state index in [2.05, 4.69) is 11.0 Å². The Bertz CT molecular complexity index is 468. The third-order valence-electron chi connectivity index (χ3n) is 4.63. The molecular weight excluding hydrogens is 284 g/mol. The number of nitrogens with zero attached hydrogens (tertiary/aromatic N) is 1. The van der Waals surface area contributed by atoms with Crippen LogP contribution >= 0.6 is 11.6 Å². The molecule has 1 aliphatic heterocycles. The van der Waals surface area contributed by atoms with Gasteiger partial charge in [0.05, 0.1) is 6.61 Å². The van der Waals surface area contributed by atoms with Gasteiger partial charge in [0.15, 0.2) is 0 Å². The molecular formula is C17H25ClN2O. The Morgan fingerprint density at radius 1 is 1.14 bits per heavy atom. The van der Waals surface area contributed by atoms with Crippen molar-refractivity contribution in [1.29, 1.82) is 0 Å². The molecule has 21 heavy (non-hydrogen) atoms. The summed E-state index contributed by atoms with van der Waals surface area (Å²) < 4.78 is 5.99. The highest BCUT2D eigenvalue weighted by Crippen LogP contribution is 2.32. The number of ether oxygens (including phenoxy) is 1. The molecule has 0 amide bonds. The second kappa shape index (κ2) is 6.99. The van der Waals surface area contributed by atoms with Crippen LogP contribution in [-0.4, -0.2) is 31.1 Å². The molecule has 2 fully saturated rings. The van der Waals surface area contributed by atoms with Crippen molar-refractivity contribution in [1.82, 2.24) is 4.90 Å². The van der Waals surface area contributed by atoms with Crippen molar-refractivity contribution in [2.45, 2.75) is 32.2 Å². The Hall–Kier alpha value is -0.770. The van der Waals surface area contributed by atoms with Crippen LogP contribution in [0.5, 0.6) is 5.75 Å². The largest absolute Gasteiger partial charge is 0.493 e. The van der Waals surface area contributed by atoms with Gasteiger partial charge in [-0.3, -0.25) is 4.90 Å². The van der Waals surface area contributed by atoms with E-state index in [1.165, 1.54) is 31.2 Å². The Morgan fingerprint density at radius 3 is 2.57 bits per heavy atom. The molecule has 1 saturated carbocycles. The van der Waals surface area contributed by atoms with Gasteiger partial charge in [-0.15, -0.1) is 0 Å². The summed E-state index contributed by atoms with van der Waals surface area (Å²) in [7, 11) is 0. The van der Waals surface area contributed by atoms with Crippen LogP contribution in [0.15, 0.2) is 18.2 Å². The molecule has 1 aromatic carbocycles. The summed E-state index contributed by atoms with van der Waals surface area (Å²) in [5.74, 6) is 2.48. The van der Waals surface area contributed by atoms with Crippen LogP contribution in [-0.2, 0) is 6.54 Å². The topological polar surface area (TPSA) is 38.5 Å². The minimum absolute atomic E-state index is 0.700. The number of halogens is 1. The summed E-state index contributed by atoms with van der Waals surface area (Å²) in [6, 6.07) is 6.00. The second-order valence-corrected chi connectivity index (χ2v) is 6.90. The lowest BCUT2D eigenvalue weighted by atomic mass is 9.97. The smallest absolute Gasteiger partial charge is 0.123 e. The van der Waals surface area contributed by atoms with Gasteiger partial charge in [0.2, 0.25) is 0 Å². The number of likely N-dealkylation sites (tertiary alicyclic amines) is 1. The highest BCUT2D eigenvalue weighted by atomic mass is 35.5. The minimum Gasteiger partial charge on any atom is -0.493 e. The van der Waals surface area contributed by atoms with Crippen molar-refractivity contribution in [3.63, 3.8) is 0 Å². The van der Waals surface area contributed by atoms with E-state index in [-0.39, 0.29) is 0 Å². The van der Waals surface area contributed by atoms with Crippen LogP contribution in [0.25, 0.3) is 0 Å². The zero-order valence-corrected chi connectivity index (χ0v) is 13.3. The van der Waals surface area contributed by atoms with E-state index in [1.807, 2.05) is 12.1 Å². The molecule has 3 nitrogen and oxygen atoms in total. The molecule has 1 aliphatic carbocycles. The van der Waals surface area contributed by atoms with Crippen LogP contribution in [0, 0.1) is 11.8 Å². The summed E-state index contributed by atoms with van der Waals surface area (Å²) in [5.41, 5.74) is 6.98. The van der Waals surface area contributed by atoms with E-state index in [0.29, 0.717) is 5.92 Å².